The third kappa shape index (κ3) is 5.11. The Labute approximate surface area is 144 Å². The van der Waals surface area contributed by atoms with E-state index in [-0.39, 0.29) is 35.7 Å². The lowest BCUT2D eigenvalue weighted by Gasteiger charge is -2.34. The number of esters is 1. The summed E-state index contributed by atoms with van der Waals surface area (Å²) >= 11 is 0. The van der Waals surface area contributed by atoms with Crippen LogP contribution < -0.4 is 10.2 Å². The van der Waals surface area contributed by atoms with Crippen molar-refractivity contribution in [2.75, 3.05) is 49.5 Å². The van der Waals surface area contributed by atoms with Crippen molar-refractivity contribution in [1.29, 1.82) is 0 Å². The highest BCUT2D eigenvalue weighted by atomic mass is 16.6. The molecule has 1 fully saturated rings. The molecule has 0 saturated carbocycles. The molecule has 25 heavy (non-hydrogen) atoms. The molecule has 0 spiro atoms. The molecule has 0 radical (unpaired) electrons. The van der Waals surface area contributed by atoms with Gasteiger partial charge in [-0.05, 0) is 13.0 Å². The highest BCUT2D eigenvalue weighted by molar-refractivity contribution is 5.88. The second-order valence-electron chi connectivity index (χ2n) is 5.55. The van der Waals surface area contributed by atoms with Gasteiger partial charge in [0.1, 0.15) is 5.82 Å². The molecule has 1 aromatic heterocycles. The van der Waals surface area contributed by atoms with E-state index in [0.29, 0.717) is 32.8 Å². The van der Waals surface area contributed by atoms with Gasteiger partial charge in [0.25, 0.3) is 0 Å². The number of hydrogen-bond acceptors (Lipinski definition) is 8. The summed E-state index contributed by atoms with van der Waals surface area (Å²) in [6.45, 7) is 5.71. The summed E-state index contributed by atoms with van der Waals surface area (Å²) in [7, 11) is 0. The van der Waals surface area contributed by atoms with Crippen LogP contribution in [0.15, 0.2) is 12.1 Å². The molecular weight excluding hydrogens is 330 g/mol. The zero-order valence-corrected chi connectivity index (χ0v) is 14.2. The minimum Gasteiger partial charge on any atom is -0.465 e. The number of hydrogen-bond donors (Lipinski definition) is 1. The quantitative estimate of drug-likeness (QED) is 0.450. The van der Waals surface area contributed by atoms with E-state index < -0.39 is 4.92 Å². The maximum Gasteiger partial charge on any atom is 0.320 e. The van der Waals surface area contributed by atoms with Gasteiger partial charge in [0.05, 0.1) is 18.1 Å². The van der Waals surface area contributed by atoms with E-state index in [9.17, 15) is 19.7 Å². The van der Waals surface area contributed by atoms with Crippen molar-refractivity contribution in [3.8, 4) is 0 Å². The Morgan fingerprint density at radius 3 is 2.56 bits per heavy atom. The average Bonchev–Trinajstić information content (AvgIpc) is 2.55. The normalized spacial score (nSPS) is 14.9. The van der Waals surface area contributed by atoms with E-state index in [1.807, 2.05) is 4.90 Å². The molecule has 2 rings (SSSR count). The number of nitrogens with zero attached hydrogens (tertiary/aromatic N) is 4. The number of rotatable bonds is 6. The number of anilines is 2. The van der Waals surface area contributed by atoms with E-state index in [0.717, 1.165) is 0 Å². The second-order valence-corrected chi connectivity index (χ2v) is 5.55. The van der Waals surface area contributed by atoms with Gasteiger partial charge < -0.3 is 15.0 Å². The number of pyridine rings is 1. The van der Waals surface area contributed by atoms with Crippen LogP contribution in [-0.2, 0) is 14.3 Å². The molecule has 136 valence electrons. The van der Waals surface area contributed by atoms with E-state index >= 15 is 0 Å². The van der Waals surface area contributed by atoms with E-state index in [1.54, 1.807) is 11.8 Å². The second kappa shape index (κ2) is 8.38. The van der Waals surface area contributed by atoms with Crippen LogP contribution in [0.3, 0.4) is 0 Å². The molecule has 0 atom stereocenters. The molecule has 0 aromatic carbocycles. The number of aromatic nitrogens is 1. The maximum atomic E-state index is 11.5. The zero-order valence-electron chi connectivity index (χ0n) is 14.2. The third-order valence-corrected chi connectivity index (χ3v) is 3.69. The highest BCUT2D eigenvalue weighted by Gasteiger charge is 2.26. The monoisotopic (exact) mass is 351 g/mol. The molecular formula is C15H21N5O5. The number of carbonyl (C=O) groups excluding carboxylic acids is 2. The first-order valence-corrected chi connectivity index (χ1v) is 7.96. The largest absolute Gasteiger partial charge is 0.465 e. The number of amides is 1. The molecule has 1 aliphatic heterocycles. The molecule has 1 aromatic rings. The number of ether oxygens (including phenoxy) is 1. The van der Waals surface area contributed by atoms with E-state index in [1.165, 1.54) is 19.1 Å². The SMILES string of the molecule is CCOC(=O)CN1CCN(c2nc(NC(C)=O)ccc2[N+](=O)[O-])CC1. The standard InChI is InChI=1S/C15H21N5O5/c1-3-25-14(22)10-18-6-8-19(9-7-18)15-12(20(23)24)4-5-13(17-15)16-11(2)21/h4-5H,3,6-10H2,1-2H3,(H,16,17,21). The van der Waals surface area contributed by atoms with Crippen molar-refractivity contribution in [2.45, 2.75) is 13.8 Å². The summed E-state index contributed by atoms with van der Waals surface area (Å²) < 4.78 is 4.92. The van der Waals surface area contributed by atoms with Crippen molar-refractivity contribution in [3.63, 3.8) is 0 Å². The Bertz CT molecular complexity index is 658. The molecule has 10 heteroatoms. The number of nitro groups is 1. The summed E-state index contributed by atoms with van der Waals surface area (Å²) in [6, 6.07) is 2.73. The van der Waals surface area contributed by atoms with Crippen LogP contribution in [0.1, 0.15) is 13.8 Å². The van der Waals surface area contributed by atoms with Crippen molar-refractivity contribution in [3.05, 3.63) is 22.2 Å². The van der Waals surface area contributed by atoms with Gasteiger partial charge in [0.2, 0.25) is 11.7 Å². The summed E-state index contributed by atoms with van der Waals surface area (Å²) in [5, 5.41) is 13.8. The molecule has 1 N–H and O–H groups in total. The first-order chi connectivity index (χ1) is 11.9. The molecule has 10 nitrogen and oxygen atoms in total. The lowest BCUT2D eigenvalue weighted by molar-refractivity contribution is -0.384. The Hall–Kier alpha value is -2.75. The van der Waals surface area contributed by atoms with Gasteiger partial charge in [-0.25, -0.2) is 4.98 Å². The van der Waals surface area contributed by atoms with Crippen LogP contribution in [0, 0.1) is 10.1 Å². The summed E-state index contributed by atoms with van der Waals surface area (Å²) in [5.74, 6) is -0.103. The van der Waals surface area contributed by atoms with Crippen molar-refractivity contribution >= 4 is 29.2 Å². The molecule has 1 amide bonds. The van der Waals surface area contributed by atoms with E-state index in [2.05, 4.69) is 10.3 Å². The van der Waals surface area contributed by atoms with E-state index in [4.69, 9.17) is 4.74 Å². The third-order valence-electron chi connectivity index (χ3n) is 3.69. The maximum absolute atomic E-state index is 11.5. The number of nitrogens with one attached hydrogen (secondary N) is 1. The van der Waals surface area contributed by atoms with Gasteiger partial charge in [-0.2, -0.15) is 0 Å². The van der Waals surface area contributed by atoms with Crippen molar-refractivity contribution < 1.29 is 19.2 Å². The van der Waals surface area contributed by atoms with Gasteiger partial charge in [0.15, 0.2) is 0 Å². The van der Waals surface area contributed by atoms with Gasteiger partial charge >= 0.3 is 11.7 Å². The zero-order chi connectivity index (χ0) is 18.4. The minimum absolute atomic E-state index is 0.118. The number of piperazine rings is 1. The van der Waals surface area contributed by atoms with Gasteiger partial charge in [-0.1, -0.05) is 0 Å². The topological polar surface area (TPSA) is 118 Å². The molecule has 0 aliphatic carbocycles. The lowest BCUT2D eigenvalue weighted by atomic mass is 10.2. The van der Waals surface area contributed by atoms with Crippen LogP contribution in [0.25, 0.3) is 0 Å². The Kier molecular flexibility index (Phi) is 6.23. The Morgan fingerprint density at radius 1 is 1.32 bits per heavy atom. The summed E-state index contributed by atoms with van der Waals surface area (Å²) in [5.41, 5.74) is -0.118. The molecule has 1 aliphatic rings. The average molecular weight is 351 g/mol. The first kappa shape index (κ1) is 18.6. The Morgan fingerprint density at radius 2 is 2.00 bits per heavy atom. The predicted molar refractivity (Wildman–Crippen MR) is 90.5 cm³/mol. The molecule has 0 bridgehead atoms. The van der Waals surface area contributed by atoms with Crippen LogP contribution >= 0.6 is 0 Å². The fraction of sp³-hybridized carbons (Fsp3) is 0.533. The first-order valence-electron chi connectivity index (χ1n) is 7.96. The fourth-order valence-corrected chi connectivity index (χ4v) is 2.57. The van der Waals surface area contributed by atoms with Gasteiger partial charge in [-0.15, -0.1) is 0 Å². The van der Waals surface area contributed by atoms with Crippen molar-refractivity contribution in [1.82, 2.24) is 9.88 Å². The molecule has 2 heterocycles. The molecule has 0 unspecified atom stereocenters. The van der Waals surface area contributed by atoms with Crippen LogP contribution in [0.4, 0.5) is 17.3 Å². The van der Waals surface area contributed by atoms with Crippen molar-refractivity contribution in [2.24, 2.45) is 0 Å². The highest BCUT2D eigenvalue weighted by Crippen LogP contribution is 2.28. The van der Waals surface area contributed by atoms with Crippen LogP contribution in [0.5, 0.6) is 0 Å². The summed E-state index contributed by atoms with van der Waals surface area (Å²) in [4.78, 5) is 41.4. The lowest BCUT2D eigenvalue weighted by Crippen LogP contribution is -2.48. The Balaban J connectivity index is 2.09. The summed E-state index contributed by atoms with van der Waals surface area (Å²) in [6.07, 6.45) is 0. The molecule has 1 saturated heterocycles. The number of carbonyl (C=O) groups is 2. The van der Waals surface area contributed by atoms with Gasteiger partial charge in [0, 0.05) is 39.2 Å². The minimum atomic E-state index is -0.495. The van der Waals surface area contributed by atoms with Gasteiger partial charge in [-0.3, -0.25) is 24.6 Å². The fourth-order valence-electron chi connectivity index (χ4n) is 2.57. The predicted octanol–water partition coefficient (Wildman–Crippen LogP) is 0.633. The van der Waals surface area contributed by atoms with Crippen LogP contribution in [-0.4, -0.2) is 66.0 Å². The van der Waals surface area contributed by atoms with Crippen LogP contribution in [0.2, 0.25) is 0 Å². The smallest absolute Gasteiger partial charge is 0.320 e.